The topological polar surface area (TPSA) is 38.0 Å². The summed E-state index contributed by atoms with van der Waals surface area (Å²) in [5, 5.41) is 15.3. The van der Waals surface area contributed by atoms with E-state index in [1.165, 1.54) is 0 Å². The van der Waals surface area contributed by atoms with E-state index in [1.54, 1.807) is 4.68 Å². The molecule has 0 aliphatic carbocycles. The molecule has 0 radical (unpaired) electrons. The van der Waals surface area contributed by atoms with Gasteiger partial charge in [0.25, 0.3) is 0 Å². The molecule has 17 heavy (non-hydrogen) atoms. The minimum Gasteiger partial charge on any atom is -0.392 e. The van der Waals surface area contributed by atoms with E-state index in [0.717, 1.165) is 24.2 Å². The highest BCUT2D eigenvalue weighted by molar-refractivity contribution is 6.31. The minimum absolute atomic E-state index is 0.0972. The fourth-order valence-corrected chi connectivity index (χ4v) is 2.11. The van der Waals surface area contributed by atoms with Gasteiger partial charge in [-0.2, -0.15) is 5.10 Å². The lowest BCUT2D eigenvalue weighted by Crippen LogP contribution is -2.31. The summed E-state index contributed by atoms with van der Waals surface area (Å²) in [7, 11) is 1.88. The number of hydrogen-bond acceptors (Lipinski definition) is 2. The number of aromatic nitrogens is 2. The van der Waals surface area contributed by atoms with Crippen molar-refractivity contribution in [3.8, 4) is 0 Å². The predicted molar refractivity (Wildman–Crippen MR) is 71.4 cm³/mol. The first-order valence-corrected chi connectivity index (χ1v) is 6.59. The minimum atomic E-state index is -0.398. The third-order valence-corrected chi connectivity index (χ3v) is 4.14. The number of hydrogen-bond donors (Lipinski definition) is 1. The van der Waals surface area contributed by atoms with Crippen LogP contribution in [-0.2, 0) is 19.9 Å². The van der Waals surface area contributed by atoms with Crippen LogP contribution in [0.25, 0.3) is 0 Å². The summed E-state index contributed by atoms with van der Waals surface area (Å²) in [6.45, 7) is 8.27. The van der Waals surface area contributed by atoms with Crippen molar-refractivity contribution in [1.82, 2.24) is 9.78 Å². The molecule has 0 aliphatic rings. The summed E-state index contributed by atoms with van der Waals surface area (Å²) in [4.78, 5) is 0. The molecule has 1 aromatic heterocycles. The molecule has 1 atom stereocenters. The van der Waals surface area contributed by atoms with E-state index < -0.39 is 6.10 Å². The van der Waals surface area contributed by atoms with Crippen LogP contribution in [-0.4, -0.2) is 21.0 Å². The van der Waals surface area contributed by atoms with Crippen molar-refractivity contribution in [3.05, 3.63) is 16.4 Å². The lowest BCUT2D eigenvalue weighted by atomic mass is 9.82. The van der Waals surface area contributed by atoms with Crippen molar-refractivity contribution in [2.75, 3.05) is 0 Å². The normalized spacial score (nSPS) is 14.1. The van der Waals surface area contributed by atoms with Crippen molar-refractivity contribution >= 4 is 11.6 Å². The smallest absolute Gasteiger partial charge is 0.0850 e. The highest BCUT2D eigenvalue weighted by atomic mass is 35.5. The van der Waals surface area contributed by atoms with Crippen molar-refractivity contribution in [1.29, 1.82) is 0 Å². The van der Waals surface area contributed by atoms with Crippen LogP contribution in [0, 0.1) is 5.41 Å². The Balaban J connectivity index is 2.92. The maximum atomic E-state index is 10.3. The molecule has 1 aromatic rings. The molecule has 0 aromatic carbocycles. The lowest BCUT2D eigenvalue weighted by molar-refractivity contribution is 0.0465. The molecule has 4 heteroatoms. The molecule has 0 saturated heterocycles. The first kappa shape index (κ1) is 14.5. The van der Waals surface area contributed by atoms with Crippen molar-refractivity contribution in [2.24, 2.45) is 12.5 Å². The molecule has 98 valence electrons. The van der Waals surface area contributed by atoms with Gasteiger partial charge < -0.3 is 5.11 Å². The summed E-state index contributed by atoms with van der Waals surface area (Å²) >= 11 is 6.27. The van der Waals surface area contributed by atoms with Crippen molar-refractivity contribution in [2.45, 2.75) is 53.1 Å². The summed E-state index contributed by atoms with van der Waals surface area (Å²) < 4.78 is 1.79. The molecular formula is C13H23ClN2O. The number of rotatable bonds is 5. The molecule has 0 aliphatic heterocycles. The Kier molecular flexibility index (Phi) is 4.62. The highest BCUT2D eigenvalue weighted by Gasteiger charge is 2.28. The van der Waals surface area contributed by atoms with Gasteiger partial charge in [-0.1, -0.05) is 39.3 Å². The van der Waals surface area contributed by atoms with E-state index in [-0.39, 0.29) is 5.41 Å². The number of nitrogens with zero attached hydrogens (tertiary/aromatic N) is 2. The largest absolute Gasteiger partial charge is 0.392 e. The van der Waals surface area contributed by atoms with Crippen LogP contribution in [0.1, 0.15) is 45.5 Å². The lowest BCUT2D eigenvalue weighted by Gasteiger charge is -2.29. The van der Waals surface area contributed by atoms with Crippen LogP contribution >= 0.6 is 11.6 Å². The van der Waals surface area contributed by atoms with Gasteiger partial charge in [-0.05, 0) is 18.3 Å². The average molecular weight is 259 g/mol. The summed E-state index contributed by atoms with van der Waals surface area (Å²) in [6, 6.07) is 0. The Morgan fingerprint density at radius 1 is 1.41 bits per heavy atom. The van der Waals surface area contributed by atoms with E-state index >= 15 is 0 Å². The molecule has 0 amide bonds. The zero-order chi connectivity index (χ0) is 13.2. The van der Waals surface area contributed by atoms with E-state index in [4.69, 9.17) is 11.6 Å². The fourth-order valence-electron chi connectivity index (χ4n) is 1.74. The average Bonchev–Trinajstić information content (AvgIpc) is 2.56. The maximum absolute atomic E-state index is 10.3. The molecule has 1 heterocycles. The summed E-state index contributed by atoms with van der Waals surface area (Å²) in [5.74, 6) is 0. The zero-order valence-electron chi connectivity index (χ0n) is 11.4. The first-order chi connectivity index (χ1) is 7.83. The third-order valence-electron chi connectivity index (χ3n) is 3.70. The molecule has 1 unspecified atom stereocenters. The van der Waals surface area contributed by atoms with Gasteiger partial charge in [0, 0.05) is 13.5 Å². The molecule has 0 fully saturated rings. The van der Waals surface area contributed by atoms with Gasteiger partial charge in [-0.3, -0.25) is 4.68 Å². The van der Waals surface area contributed by atoms with Gasteiger partial charge in [0.1, 0.15) is 0 Å². The standard InChI is InChI=1S/C13H23ClN2O/c1-6-9-12(14)10(16(5)15-9)8-11(17)13(3,4)7-2/h11,17H,6-8H2,1-5H3. The predicted octanol–water partition coefficient (Wildman–Crippen LogP) is 2.98. The second-order valence-electron chi connectivity index (χ2n) is 5.25. The van der Waals surface area contributed by atoms with Gasteiger partial charge in [-0.25, -0.2) is 0 Å². The van der Waals surface area contributed by atoms with Gasteiger partial charge in [0.2, 0.25) is 0 Å². The molecule has 1 rings (SSSR count). The van der Waals surface area contributed by atoms with Crippen LogP contribution in [0.3, 0.4) is 0 Å². The molecule has 3 nitrogen and oxygen atoms in total. The second kappa shape index (κ2) is 5.40. The van der Waals surface area contributed by atoms with Gasteiger partial charge in [0.15, 0.2) is 0 Å². The maximum Gasteiger partial charge on any atom is 0.0850 e. The molecule has 0 bridgehead atoms. The first-order valence-electron chi connectivity index (χ1n) is 6.21. The Morgan fingerprint density at radius 2 is 2.00 bits per heavy atom. The fraction of sp³-hybridized carbons (Fsp3) is 0.769. The molecular weight excluding hydrogens is 236 g/mol. The highest BCUT2D eigenvalue weighted by Crippen LogP contribution is 2.30. The van der Waals surface area contributed by atoms with Gasteiger partial charge >= 0.3 is 0 Å². The van der Waals surface area contributed by atoms with Crippen LogP contribution < -0.4 is 0 Å². The van der Waals surface area contributed by atoms with Crippen LogP contribution in [0.5, 0.6) is 0 Å². The number of aliphatic hydroxyl groups excluding tert-OH is 1. The zero-order valence-corrected chi connectivity index (χ0v) is 12.2. The third kappa shape index (κ3) is 3.02. The SMILES string of the molecule is CCc1nn(C)c(CC(O)C(C)(C)CC)c1Cl. The Bertz CT molecular complexity index is 385. The van der Waals surface area contributed by atoms with Crippen LogP contribution in [0.15, 0.2) is 0 Å². The molecule has 0 saturated carbocycles. The number of aryl methyl sites for hydroxylation is 2. The van der Waals surface area contributed by atoms with E-state index in [0.29, 0.717) is 11.4 Å². The number of halogens is 1. The number of aliphatic hydroxyl groups is 1. The Hall–Kier alpha value is -0.540. The monoisotopic (exact) mass is 258 g/mol. The quantitative estimate of drug-likeness (QED) is 0.882. The Morgan fingerprint density at radius 3 is 2.41 bits per heavy atom. The van der Waals surface area contributed by atoms with Crippen molar-refractivity contribution < 1.29 is 5.11 Å². The van der Waals surface area contributed by atoms with Gasteiger partial charge in [-0.15, -0.1) is 0 Å². The van der Waals surface area contributed by atoms with E-state index in [2.05, 4.69) is 25.9 Å². The summed E-state index contributed by atoms with van der Waals surface area (Å²) in [6.07, 6.45) is 1.91. The molecule has 1 N–H and O–H groups in total. The summed E-state index contributed by atoms with van der Waals surface area (Å²) in [5.41, 5.74) is 1.74. The second-order valence-corrected chi connectivity index (χ2v) is 5.62. The molecule has 0 spiro atoms. The van der Waals surface area contributed by atoms with E-state index in [9.17, 15) is 5.11 Å². The van der Waals surface area contributed by atoms with Gasteiger partial charge in [0.05, 0.1) is 22.5 Å². The van der Waals surface area contributed by atoms with E-state index in [1.807, 2.05) is 14.0 Å². The van der Waals surface area contributed by atoms with Crippen molar-refractivity contribution in [3.63, 3.8) is 0 Å². The van der Waals surface area contributed by atoms with Crippen LogP contribution in [0.4, 0.5) is 0 Å². The Labute approximate surface area is 109 Å². The van der Waals surface area contributed by atoms with Crippen LogP contribution in [0.2, 0.25) is 5.02 Å².